The molecule has 0 unspecified atom stereocenters. The molecule has 0 saturated carbocycles. The van der Waals surface area contributed by atoms with Gasteiger partial charge in [0.2, 0.25) is 5.91 Å². The summed E-state index contributed by atoms with van der Waals surface area (Å²) in [5, 5.41) is 6.72. The van der Waals surface area contributed by atoms with E-state index in [0.717, 1.165) is 50.7 Å². The van der Waals surface area contributed by atoms with Crippen LogP contribution in [-0.2, 0) is 11.3 Å². The lowest BCUT2D eigenvalue weighted by Gasteiger charge is -2.34. The van der Waals surface area contributed by atoms with E-state index >= 15 is 0 Å². The summed E-state index contributed by atoms with van der Waals surface area (Å²) in [7, 11) is 0. The average Bonchev–Trinajstić information content (AvgIpc) is 3.13. The van der Waals surface area contributed by atoms with E-state index in [-0.39, 0.29) is 5.91 Å². The van der Waals surface area contributed by atoms with Crippen LogP contribution >= 0.6 is 0 Å². The van der Waals surface area contributed by atoms with Crippen molar-refractivity contribution in [2.24, 2.45) is 0 Å². The standard InChI is InChI=1S/C17H23N5O2/c23-17(7-4-12-24-15-5-2-1-3-6-15)22-10-8-21(9-11-22)13-16-18-14-19-20-16/h1-3,5-6,14H,4,7-13H2,(H,18,19,20). The Labute approximate surface area is 141 Å². The van der Waals surface area contributed by atoms with Gasteiger partial charge in [-0.25, -0.2) is 4.98 Å². The first-order valence-corrected chi connectivity index (χ1v) is 8.33. The number of piperazine rings is 1. The van der Waals surface area contributed by atoms with E-state index < -0.39 is 0 Å². The molecule has 0 bridgehead atoms. The summed E-state index contributed by atoms with van der Waals surface area (Å²) in [6.45, 7) is 4.60. The predicted molar refractivity (Wildman–Crippen MR) is 89.4 cm³/mol. The molecule has 7 heteroatoms. The number of amides is 1. The first-order chi connectivity index (χ1) is 11.8. The summed E-state index contributed by atoms with van der Waals surface area (Å²) in [4.78, 5) is 20.6. The fourth-order valence-electron chi connectivity index (χ4n) is 2.76. The molecule has 1 saturated heterocycles. The number of rotatable bonds is 7. The zero-order valence-electron chi connectivity index (χ0n) is 13.7. The molecule has 0 spiro atoms. The molecule has 7 nitrogen and oxygen atoms in total. The minimum absolute atomic E-state index is 0.214. The van der Waals surface area contributed by atoms with Crippen molar-refractivity contribution >= 4 is 5.91 Å². The van der Waals surface area contributed by atoms with Crippen LogP contribution in [0.4, 0.5) is 0 Å². The normalized spacial score (nSPS) is 15.4. The zero-order valence-corrected chi connectivity index (χ0v) is 13.7. The second kappa shape index (κ2) is 8.44. The number of aromatic nitrogens is 3. The van der Waals surface area contributed by atoms with Gasteiger partial charge in [0.25, 0.3) is 0 Å². The van der Waals surface area contributed by atoms with E-state index in [1.54, 1.807) is 0 Å². The number of carbonyl (C=O) groups excluding carboxylic acids is 1. The van der Waals surface area contributed by atoms with Crippen molar-refractivity contribution in [1.29, 1.82) is 0 Å². The molecule has 1 aliphatic heterocycles. The SMILES string of the molecule is O=C(CCCOc1ccccc1)N1CCN(Cc2ncn[nH]2)CC1. The van der Waals surface area contributed by atoms with Gasteiger partial charge in [0, 0.05) is 32.6 Å². The number of H-pyrrole nitrogens is 1. The van der Waals surface area contributed by atoms with Gasteiger partial charge in [-0.3, -0.25) is 14.8 Å². The second-order valence-corrected chi connectivity index (χ2v) is 5.85. The Morgan fingerprint density at radius 3 is 2.67 bits per heavy atom. The van der Waals surface area contributed by atoms with Gasteiger partial charge in [0.1, 0.15) is 17.9 Å². The average molecular weight is 329 g/mol. The Morgan fingerprint density at radius 1 is 1.17 bits per heavy atom. The first kappa shape index (κ1) is 16.4. The van der Waals surface area contributed by atoms with Crippen molar-refractivity contribution in [2.75, 3.05) is 32.8 Å². The highest BCUT2D eigenvalue weighted by Crippen LogP contribution is 2.10. The Hall–Kier alpha value is -2.41. The molecule has 2 heterocycles. The number of nitrogens with one attached hydrogen (secondary N) is 1. The molecule has 1 aromatic heterocycles. The number of para-hydroxylation sites is 1. The monoisotopic (exact) mass is 329 g/mol. The lowest BCUT2D eigenvalue weighted by atomic mass is 10.2. The van der Waals surface area contributed by atoms with Crippen LogP contribution in [0.1, 0.15) is 18.7 Å². The van der Waals surface area contributed by atoms with E-state index in [1.807, 2.05) is 35.2 Å². The van der Waals surface area contributed by atoms with Gasteiger partial charge < -0.3 is 9.64 Å². The number of nitrogens with zero attached hydrogens (tertiary/aromatic N) is 4. The van der Waals surface area contributed by atoms with Gasteiger partial charge in [0.15, 0.2) is 0 Å². The Kier molecular flexibility index (Phi) is 5.79. The van der Waals surface area contributed by atoms with Gasteiger partial charge in [0.05, 0.1) is 13.2 Å². The maximum atomic E-state index is 12.3. The lowest BCUT2D eigenvalue weighted by Crippen LogP contribution is -2.48. The molecule has 2 aromatic rings. The van der Waals surface area contributed by atoms with Crippen LogP contribution in [0.25, 0.3) is 0 Å². The summed E-state index contributed by atoms with van der Waals surface area (Å²) in [6.07, 6.45) is 2.80. The number of carbonyl (C=O) groups is 1. The maximum Gasteiger partial charge on any atom is 0.222 e. The third-order valence-corrected chi connectivity index (χ3v) is 4.11. The number of hydrogen-bond donors (Lipinski definition) is 1. The Balaban J connectivity index is 1.32. The molecule has 0 atom stereocenters. The second-order valence-electron chi connectivity index (χ2n) is 5.85. The van der Waals surface area contributed by atoms with E-state index in [2.05, 4.69) is 20.1 Å². The minimum Gasteiger partial charge on any atom is -0.494 e. The fourth-order valence-corrected chi connectivity index (χ4v) is 2.76. The van der Waals surface area contributed by atoms with Crippen molar-refractivity contribution in [3.05, 3.63) is 42.5 Å². The number of aromatic amines is 1. The molecule has 0 radical (unpaired) electrons. The summed E-state index contributed by atoms with van der Waals surface area (Å²) in [5.74, 6) is 1.93. The molecule has 1 aliphatic rings. The molecule has 0 aliphatic carbocycles. The third-order valence-electron chi connectivity index (χ3n) is 4.11. The number of benzene rings is 1. The molecule has 1 fully saturated rings. The van der Waals surface area contributed by atoms with E-state index in [0.29, 0.717) is 13.0 Å². The smallest absolute Gasteiger partial charge is 0.222 e. The highest BCUT2D eigenvalue weighted by Gasteiger charge is 2.21. The van der Waals surface area contributed by atoms with Gasteiger partial charge in [-0.2, -0.15) is 5.10 Å². The summed E-state index contributed by atoms with van der Waals surface area (Å²) in [6, 6.07) is 9.70. The van der Waals surface area contributed by atoms with E-state index in [9.17, 15) is 4.79 Å². The maximum absolute atomic E-state index is 12.3. The van der Waals surface area contributed by atoms with Crippen molar-refractivity contribution < 1.29 is 9.53 Å². The van der Waals surface area contributed by atoms with Crippen LogP contribution in [0, 0.1) is 0 Å². The van der Waals surface area contributed by atoms with Crippen molar-refractivity contribution in [2.45, 2.75) is 19.4 Å². The highest BCUT2D eigenvalue weighted by molar-refractivity contribution is 5.76. The topological polar surface area (TPSA) is 74.3 Å². The fraction of sp³-hybridized carbons (Fsp3) is 0.471. The van der Waals surface area contributed by atoms with Crippen molar-refractivity contribution in [1.82, 2.24) is 25.0 Å². The van der Waals surface area contributed by atoms with Crippen LogP contribution in [0.3, 0.4) is 0 Å². The van der Waals surface area contributed by atoms with Crippen molar-refractivity contribution in [3.63, 3.8) is 0 Å². The number of ether oxygens (including phenoxy) is 1. The first-order valence-electron chi connectivity index (χ1n) is 8.33. The molecular weight excluding hydrogens is 306 g/mol. The van der Waals surface area contributed by atoms with Gasteiger partial charge in [-0.1, -0.05) is 18.2 Å². The van der Waals surface area contributed by atoms with Gasteiger partial charge in [-0.15, -0.1) is 0 Å². The quantitative estimate of drug-likeness (QED) is 0.775. The summed E-state index contributed by atoms with van der Waals surface area (Å²) in [5.41, 5.74) is 0. The van der Waals surface area contributed by atoms with Crippen LogP contribution in [-0.4, -0.2) is 63.7 Å². The molecule has 1 aromatic carbocycles. The Bertz CT molecular complexity index is 609. The summed E-state index contributed by atoms with van der Waals surface area (Å²) >= 11 is 0. The van der Waals surface area contributed by atoms with Crippen LogP contribution < -0.4 is 4.74 Å². The predicted octanol–water partition coefficient (Wildman–Crippen LogP) is 1.31. The lowest BCUT2D eigenvalue weighted by molar-refractivity contribution is -0.133. The zero-order chi connectivity index (χ0) is 16.6. The highest BCUT2D eigenvalue weighted by atomic mass is 16.5. The number of hydrogen-bond acceptors (Lipinski definition) is 5. The van der Waals surface area contributed by atoms with Crippen LogP contribution in [0.15, 0.2) is 36.7 Å². The molecule has 24 heavy (non-hydrogen) atoms. The molecular formula is C17H23N5O2. The molecule has 3 rings (SSSR count). The Morgan fingerprint density at radius 2 is 1.96 bits per heavy atom. The summed E-state index contributed by atoms with van der Waals surface area (Å²) < 4.78 is 5.62. The third kappa shape index (κ3) is 4.79. The van der Waals surface area contributed by atoms with Crippen LogP contribution in [0.2, 0.25) is 0 Å². The van der Waals surface area contributed by atoms with E-state index in [4.69, 9.17) is 4.74 Å². The van der Waals surface area contributed by atoms with E-state index in [1.165, 1.54) is 6.33 Å². The van der Waals surface area contributed by atoms with Crippen molar-refractivity contribution in [3.8, 4) is 5.75 Å². The van der Waals surface area contributed by atoms with Gasteiger partial charge in [-0.05, 0) is 18.6 Å². The van der Waals surface area contributed by atoms with Gasteiger partial charge >= 0.3 is 0 Å². The largest absolute Gasteiger partial charge is 0.494 e. The van der Waals surface area contributed by atoms with Crippen LogP contribution in [0.5, 0.6) is 5.75 Å². The minimum atomic E-state index is 0.214. The molecule has 1 amide bonds. The molecule has 128 valence electrons. The molecule has 1 N–H and O–H groups in total.